The van der Waals surface area contributed by atoms with Gasteiger partial charge in [-0.3, -0.25) is 0 Å². The summed E-state index contributed by atoms with van der Waals surface area (Å²) in [4.78, 5) is 5.17. The van der Waals surface area contributed by atoms with Crippen molar-refractivity contribution in [3.05, 3.63) is 77.4 Å². The maximum absolute atomic E-state index is 13.7. The molecule has 0 radical (unpaired) electrons. The minimum Gasteiger partial charge on any atom is -0.497 e. The molecule has 7 heteroatoms. The Morgan fingerprint density at radius 1 is 0.811 bits per heavy atom. The number of sulfone groups is 1. The lowest BCUT2D eigenvalue weighted by molar-refractivity contribution is 0.352. The van der Waals surface area contributed by atoms with Crippen molar-refractivity contribution in [1.82, 2.24) is 4.90 Å². The first-order chi connectivity index (χ1) is 17.9. The molecule has 1 fully saturated rings. The summed E-state index contributed by atoms with van der Waals surface area (Å²) in [7, 11) is 1.64. The molecule has 2 aliphatic heterocycles. The molecule has 0 N–H and O–H groups in total. The van der Waals surface area contributed by atoms with Gasteiger partial charge in [0, 0.05) is 31.9 Å². The van der Waals surface area contributed by atoms with Gasteiger partial charge in [0.05, 0.1) is 19.1 Å². The molecule has 3 aromatic carbocycles. The smallest absolute Gasteiger partial charge is 0.210 e. The zero-order valence-corrected chi connectivity index (χ0v) is 22.8. The number of benzene rings is 3. The molecular weight excluding hydrogens is 484 g/mol. The van der Waals surface area contributed by atoms with E-state index >= 15 is 0 Å². The van der Waals surface area contributed by atoms with Crippen molar-refractivity contribution in [2.45, 2.75) is 41.4 Å². The Kier molecular flexibility index (Phi) is 7.45. The number of methoxy groups -OCH3 is 2. The Bertz CT molecular complexity index is 1350. The highest BCUT2D eigenvalue weighted by Gasteiger charge is 2.26. The van der Waals surface area contributed by atoms with Crippen molar-refractivity contribution in [3.63, 3.8) is 0 Å². The molecule has 0 aliphatic carbocycles. The minimum absolute atomic E-state index is 0.255. The molecule has 37 heavy (non-hydrogen) atoms. The number of anilines is 1. The Hall–Kier alpha value is -3.03. The summed E-state index contributed by atoms with van der Waals surface area (Å²) in [5.74, 6) is 1.83. The normalized spacial score (nSPS) is 17.2. The molecule has 2 aliphatic rings. The Morgan fingerprint density at radius 3 is 2.14 bits per heavy atom. The van der Waals surface area contributed by atoms with Gasteiger partial charge in [-0.15, -0.1) is 0 Å². The van der Waals surface area contributed by atoms with E-state index in [1.54, 1.807) is 26.4 Å². The second kappa shape index (κ2) is 10.8. The summed E-state index contributed by atoms with van der Waals surface area (Å²) in [5.41, 5.74) is 4.65. The molecule has 5 rings (SSSR count). The van der Waals surface area contributed by atoms with Crippen LogP contribution < -0.4 is 14.4 Å². The predicted molar refractivity (Wildman–Crippen MR) is 147 cm³/mol. The van der Waals surface area contributed by atoms with Crippen LogP contribution in [-0.2, 0) is 22.7 Å². The highest BCUT2D eigenvalue weighted by atomic mass is 32.2. The van der Waals surface area contributed by atoms with E-state index in [1.165, 1.54) is 11.1 Å². The second-order valence-electron chi connectivity index (χ2n) is 10.1. The van der Waals surface area contributed by atoms with Gasteiger partial charge in [0.15, 0.2) is 0 Å². The largest absolute Gasteiger partial charge is 0.497 e. The fraction of sp³-hybridized carbons (Fsp3) is 0.400. The molecule has 0 aromatic heterocycles. The maximum atomic E-state index is 13.7. The zero-order chi connectivity index (χ0) is 26.0. The molecule has 1 saturated heterocycles. The Labute approximate surface area is 220 Å². The molecule has 3 aromatic rings. The summed E-state index contributed by atoms with van der Waals surface area (Å²) in [5, 5.41) is 0. The lowest BCUT2D eigenvalue weighted by Gasteiger charge is -2.34. The van der Waals surface area contributed by atoms with E-state index in [4.69, 9.17) is 9.47 Å². The number of nitrogens with zero attached hydrogens (tertiary/aromatic N) is 2. The topological polar surface area (TPSA) is 59.1 Å². The van der Waals surface area contributed by atoms with Gasteiger partial charge in [0.2, 0.25) is 9.84 Å². The van der Waals surface area contributed by atoms with Crippen molar-refractivity contribution in [3.8, 4) is 11.5 Å². The highest BCUT2D eigenvalue weighted by Crippen LogP contribution is 2.35. The maximum Gasteiger partial charge on any atom is 0.210 e. The molecule has 0 saturated carbocycles. The van der Waals surface area contributed by atoms with Gasteiger partial charge < -0.3 is 19.3 Å². The summed E-state index contributed by atoms with van der Waals surface area (Å²) in [6.07, 6.45) is 3.83. The average molecular weight is 521 g/mol. The van der Waals surface area contributed by atoms with Crippen molar-refractivity contribution in [2.75, 3.05) is 52.3 Å². The van der Waals surface area contributed by atoms with Crippen LogP contribution in [0.1, 0.15) is 35.4 Å². The first-order valence-electron chi connectivity index (χ1n) is 13.0. The summed E-state index contributed by atoms with van der Waals surface area (Å²) in [6, 6.07) is 19.4. The van der Waals surface area contributed by atoms with Gasteiger partial charge >= 0.3 is 0 Å². The number of hydrogen-bond acceptors (Lipinski definition) is 6. The zero-order valence-electron chi connectivity index (χ0n) is 21.9. The average Bonchev–Trinajstić information content (AvgIpc) is 3.13. The third-order valence-corrected chi connectivity index (χ3v) is 9.66. The van der Waals surface area contributed by atoms with Crippen molar-refractivity contribution >= 4 is 15.5 Å². The summed E-state index contributed by atoms with van der Waals surface area (Å²) < 4.78 is 38.3. The van der Waals surface area contributed by atoms with Crippen LogP contribution in [0.25, 0.3) is 0 Å². The van der Waals surface area contributed by atoms with Crippen molar-refractivity contribution < 1.29 is 17.9 Å². The third-order valence-electron chi connectivity index (χ3n) is 7.87. The minimum atomic E-state index is -3.71. The second-order valence-corrected chi connectivity index (χ2v) is 12.0. The third kappa shape index (κ3) is 5.34. The van der Waals surface area contributed by atoms with Crippen molar-refractivity contribution in [1.29, 1.82) is 0 Å². The van der Waals surface area contributed by atoms with Gasteiger partial charge in [-0.05, 0) is 104 Å². The predicted octanol–water partition coefficient (Wildman–Crippen LogP) is 4.95. The molecule has 0 spiro atoms. The van der Waals surface area contributed by atoms with Crippen LogP contribution in [0.4, 0.5) is 5.69 Å². The van der Waals surface area contributed by atoms with Gasteiger partial charge in [-0.2, -0.15) is 0 Å². The van der Waals surface area contributed by atoms with E-state index in [1.807, 2.05) is 30.3 Å². The van der Waals surface area contributed by atoms with Crippen LogP contribution in [-0.4, -0.2) is 60.8 Å². The monoisotopic (exact) mass is 520 g/mol. The molecule has 0 atom stereocenters. The number of piperidine rings is 1. The summed E-state index contributed by atoms with van der Waals surface area (Å²) in [6.45, 7) is 3.74. The van der Waals surface area contributed by atoms with E-state index in [2.05, 4.69) is 35.0 Å². The molecule has 6 nitrogen and oxygen atoms in total. The van der Waals surface area contributed by atoms with E-state index in [9.17, 15) is 8.42 Å². The van der Waals surface area contributed by atoms with Crippen LogP contribution in [0.3, 0.4) is 0 Å². The molecule has 0 unspecified atom stereocenters. The fourth-order valence-corrected chi connectivity index (χ4v) is 7.00. The molecular formula is C30H36N2O4S. The first-order valence-corrected chi connectivity index (χ1v) is 14.5. The van der Waals surface area contributed by atoms with Crippen LogP contribution in [0.15, 0.2) is 70.5 Å². The number of likely N-dealkylation sites (N-methyl/N-ethyl adjacent to an activating group) is 1. The number of fused-ring (bicyclic) bond motifs is 1. The van der Waals surface area contributed by atoms with Gasteiger partial charge in [-0.1, -0.05) is 12.1 Å². The van der Waals surface area contributed by atoms with Crippen LogP contribution in [0.5, 0.6) is 11.5 Å². The number of hydrogen-bond donors (Lipinski definition) is 0. The SMILES string of the molecule is COc1cccc(C2CCN(c3ccc(S(=O)(=O)c4cc5c(cc4OC)CCN(C)CC5)cc3)CC2)c1. The van der Waals surface area contributed by atoms with E-state index in [-0.39, 0.29) is 4.90 Å². The van der Waals surface area contributed by atoms with Gasteiger partial charge in [-0.25, -0.2) is 8.42 Å². The Morgan fingerprint density at radius 2 is 1.49 bits per heavy atom. The standard InChI is InChI=1S/C30H36N2O4S/c1-31-15-11-24-20-29(36-3)30(21-25(24)12-16-31)37(33,34)28-9-7-26(8-10-28)32-17-13-22(14-18-32)23-5-4-6-27(19-23)35-2/h4-10,19-22H,11-18H2,1-3H3. The summed E-state index contributed by atoms with van der Waals surface area (Å²) >= 11 is 0. The van der Waals surface area contributed by atoms with E-state index in [0.717, 1.165) is 68.9 Å². The lowest BCUT2D eigenvalue weighted by Crippen LogP contribution is -2.32. The first kappa shape index (κ1) is 25.6. The van der Waals surface area contributed by atoms with E-state index in [0.29, 0.717) is 16.6 Å². The quantitative estimate of drug-likeness (QED) is 0.458. The molecule has 196 valence electrons. The van der Waals surface area contributed by atoms with Crippen molar-refractivity contribution in [2.24, 2.45) is 0 Å². The Balaban J connectivity index is 1.32. The fourth-order valence-electron chi connectivity index (χ4n) is 5.54. The molecule has 0 bridgehead atoms. The number of rotatable bonds is 6. The van der Waals surface area contributed by atoms with E-state index < -0.39 is 9.84 Å². The van der Waals surface area contributed by atoms with Crippen LogP contribution in [0, 0.1) is 0 Å². The lowest BCUT2D eigenvalue weighted by atomic mass is 9.89. The van der Waals surface area contributed by atoms with Gasteiger partial charge in [0.1, 0.15) is 16.4 Å². The van der Waals surface area contributed by atoms with Gasteiger partial charge in [0.25, 0.3) is 0 Å². The molecule has 2 heterocycles. The van der Waals surface area contributed by atoms with Crippen LogP contribution in [0.2, 0.25) is 0 Å². The molecule has 0 amide bonds. The number of ether oxygens (including phenoxy) is 2. The van der Waals surface area contributed by atoms with Crippen LogP contribution >= 0.6 is 0 Å². The highest BCUT2D eigenvalue weighted by molar-refractivity contribution is 7.91.